The average molecular weight is 252 g/mol. The summed E-state index contributed by atoms with van der Waals surface area (Å²) in [5.74, 6) is 11.9. The number of rotatable bonds is 4. The quantitative estimate of drug-likeness (QED) is 0.558. The highest BCUT2D eigenvalue weighted by molar-refractivity contribution is 5.58. The molecule has 0 spiro atoms. The first-order chi connectivity index (χ1) is 8.49. The number of anilines is 1. The minimum absolute atomic E-state index is 0.0722. The van der Waals surface area contributed by atoms with Gasteiger partial charge < -0.3 is 5.11 Å². The Labute approximate surface area is 109 Å². The number of hydrogen-bond acceptors (Lipinski definition) is 5. The summed E-state index contributed by atoms with van der Waals surface area (Å²) in [6.45, 7) is 9.60. The van der Waals surface area contributed by atoms with Gasteiger partial charge in [-0.3, -0.25) is 10.0 Å². The van der Waals surface area contributed by atoms with Crippen LogP contribution in [0.3, 0.4) is 0 Å². The number of aliphatic hydroxyl groups is 1. The normalized spacial score (nSPS) is 9.28. The Morgan fingerprint density at radius 1 is 1.33 bits per heavy atom. The molecule has 0 saturated heterocycles. The van der Waals surface area contributed by atoms with Gasteiger partial charge in [-0.1, -0.05) is 32.6 Å². The first kappa shape index (κ1) is 16.4. The summed E-state index contributed by atoms with van der Waals surface area (Å²) in [7, 11) is 1.65. The van der Waals surface area contributed by atoms with E-state index in [0.717, 1.165) is 11.1 Å². The van der Waals surface area contributed by atoms with Crippen LogP contribution in [0.4, 0.5) is 5.69 Å². The Kier molecular flexibility index (Phi) is 7.04. The van der Waals surface area contributed by atoms with Gasteiger partial charge in [0.05, 0.1) is 12.3 Å². The lowest BCUT2D eigenvalue weighted by Crippen LogP contribution is -2.41. The van der Waals surface area contributed by atoms with Crippen molar-refractivity contribution in [1.29, 1.82) is 0 Å². The summed E-state index contributed by atoms with van der Waals surface area (Å²) in [6, 6.07) is 5.60. The Morgan fingerprint density at radius 2 is 1.89 bits per heavy atom. The van der Waals surface area contributed by atoms with Crippen LogP contribution in [0.5, 0.6) is 0 Å². The van der Waals surface area contributed by atoms with Crippen molar-refractivity contribution < 1.29 is 5.11 Å². The number of aliphatic hydroxyl groups excluding tert-OH is 1. The van der Waals surface area contributed by atoms with E-state index in [9.17, 15) is 5.11 Å². The van der Waals surface area contributed by atoms with Crippen LogP contribution in [-0.2, 0) is 6.61 Å². The van der Waals surface area contributed by atoms with Crippen molar-refractivity contribution in [3.63, 3.8) is 0 Å². The van der Waals surface area contributed by atoms with Crippen molar-refractivity contribution >= 4 is 5.69 Å². The maximum absolute atomic E-state index is 9.31. The molecular formula is C13H24N4O. The van der Waals surface area contributed by atoms with Gasteiger partial charge in [-0.2, -0.15) is 0 Å². The van der Waals surface area contributed by atoms with E-state index in [1.807, 2.05) is 39.0 Å². The summed E-state index contributed by atoms with van der Waals surface area (Å²) < 4.78 is 0. The van der Waals surface area contributed by atoms with Crippen LogP contribution in [0.1, 0.15) is 25.0 Å². The molecule has 0 aromatic heterocycles. The topological polar surface area (TPSA) is 78.8 Å². The van der Waals surface area contributed by atoms with Crippen LogP contribution in [0.2, 0.25) is 0 Å². The second-order valence-electron chi connectivity index (χ2n) is 3.63. The van der Waals surface area contributed by atoms with E-state index in [2.05, 4.69) is 6.58 Å². The third-order valence-corrected chi connectivity index (χ3v) is 2.49. The molecule has 1 aromatic rings. The lowest BCUT2D eigenvalue weighted by Gasteiger charge is -2.27. The fourth-order valence-corrected chi connectivity index (χ4v) is 1.43. The van der Waals surface area contributed by atoms with Gasteiger partial charge in [-0.15, -0.1) is 0 Å². The van der Waals surface area contributed by atoms with E-state index in [0.29, 0.717) is 11.5 Å². The van der Waals surface area contributed by atoms with Gasteiger partial charge in [-0.05, 0) is 18.6 Å². The number of benzene rings is 1. The molecular weight excluding hydrogens is 228 g/mol. The molecule has 0 atom stereocenters. The molecule has 5 nitrogen and oxygen atoms in total. The van der Waals surface area contributed by atoms with Crippen molar-refractivity contribution in [1.82, 2.24) is 5.01 Å². The molecule has 0 fully saturated rings. The smallest absolute Gasteiger partial charge is 0.130 e. The third kappa shape index (κ3) is 3.73. The monoisotopic (exact) mass is 252 g/mol. The average Bonchev–Trinajstić information content (AvgIpc) is 2.38. The van der Waals surface area contributed by atoms with Crippen molar-refractivity contribution in [2.45, 2.75) is 27.4 Å². The molecule has 0 aliphatic heterocycles. The highest BCUT2D eigenvalue weighted by Gasteiger charge is 2.13. The van der Waals surface area contributed by atoms with Crippen molar-refractivity contribution in [3.8, 4) is 0 Å². The first-order valence-electron chi connectivity index (χ1n) is 5.90. The van der Waals surface area contributed by atoms with Crippen molar-refractivity contribution in [2.24, 2.45) is 11.7 Å². The molecule has 0 radical (unpaired) electrons. The zero-order chi connectivity index (χ0) is 14.3. The summed E-state index contributed by atoms with van der Waals surface area (Å²) in [5.41, 5.74) is 2.45. The second-order valence-corrected chi connectivity index (χ2v) is 3.63. The zero-order valence-electron chi connectivity index (χ0n) is 11.6. The van der Waals surface area contributed by atoms with Gasteiger partial charge in [0.15, 0.2) is 0 Å². The van der Waals surface area contributed by atoms with Crippen LogP contribution in [0, 0.1) is 6.92 Å². The summed E-state index contributed by atoms with van der Waals surface area (Å²) in [6.07, 6.45) is 0. The highest BCUT2D eigenvalue weighted by atomic mass is 16.3. The predicted octanol–water partition coefficient (Wildman–Crippen LogP) is 1.47. The second kappa shape index (κ2) is 7.71. The summed E-state index contributed by atoms with van der Waals surface area (Å²) >= 11 is 0. The predicted molar refractivity (Wildman–Crippen MR) is 76.2 cm³/mol. The molecule has 1 rings (SSSR count). The van der Waals surface area contributed by atoms with Gasteiger partial charge >= 0.3 is 0 Å². The molecule has 0 heterocycles. The largest absolute Gasteiger partial charge is 0.392 e. The Hall–Kier alpha value is -1.56. The van der Waals surface area contributed by atoms with E-state index in [1.54, 1.807) is 7.05 Å². The zero-order valence-corrected chi connectivity index (χ0v) is 11.6. The fraction of sp³-hybridized carbons (Fsp3) is 0.385. The maximum atomic E-state index is 9.31. The molecule has 0 unspecified atom stereocenters. The van der Waals surface area contributed by atoms with Gasteiger partial charge in [0.2, 0.25) is 0 Å². The van der Waals surface area contributed by atoms with Crippen LogP contribution in [-0.4, -0.2) is 17.2 Å². The van der Waals surface area contributed by atoms with E-state index >= 15 is 0 Å². The molecule has 0 saturated carbocycles. The van der Waals surface area contributed by atoms with Crippen LogP contribution >= 0.6 is 0 Å². The van der Waals surface area contributed by atoms with Gasteiger partial charge in [0, 0.05) is 12.6 Å². The minimum atomic E-state index is -0.0722. The lowest BCUT2D eigenvalue weighted by molar-refractivity contribution is 0.281. The molecule has 0 amide bonds. The molecule has 5 heteroatoms. The third-order valence-electron chi connectivity index (χ3n) is 2.49. The first-order valence-corrected chi connectivity index (χ1v) is 5.90. The van der Waals surface area contributed by atoms with Crippen LogP contribution in [0.15, 0.2) is 30.6 Å². The molecule has 0 aliphatic carbocycles. The minimum Gasteiger partial charge on any atom is -0.392 e. The summed E-state index contributed by atoms with van der Waals surface area (Å²) in [4.78, 5) is 0. The molecule has 18 heavy (non-hydrogen) atoms. The van der Waals surface area contributed by atoms with E-state index in [-0.39, 0.29) is 6.61 Å². The molecule has 0 bridgehead atoms. The van der Waals surface area contributed by atoms with Gasteiger partial charge in [0.1, 0.15) is 5.82 Å². The number of hydrogen-bond donors (Lipinski definition) is 3. The van der Waals surface area contributed by atoms with E-state index < -0.39 is 0 Å². The van der Waals surface area contributed by atoms with Crippen LogP contribution in [0.25, 0.3) is 0 Å². The van der Waals surface area contributed by atoms with Crippen molar-refractivity contribution in [3.05, 3.63) is 41.7 Å². The fourth-order valence-electron chi connectivity index (χ4n) is 1.43. The Balaban J connectivity index is 0.00000137. The Morgan fingerprint density at radius 3 is 2.33 bits per heavy atom. The SMILES string of the molecule is C=C(N(C)N)N(N)c1cccc(C)c1CO.CC. The number of nitrogens with zero attached hydrogens (tertiary/aromatic N) is 2. The lowest BCUT2D eigenvalue weighted by atomic mass is 10.1. The number of hydrazine groups is 2. The standard InChI is InChI=1S/C11H18N4O.C2H6/c1-8-5-4-6-11(10(8)7-16)15(13)9(2)14(3)12;1-2/h4-6,16H,2,7,12-13H2,1,3H3;1-2H3. The van der Waals surface area contributed by atoms with Crippen molar-refractivity contribution in [2.75, 3.05) is 12.1 Å². The molecule has 0 aliphatic rings. The Bertz CT molecular complexity index is 391. The number of nitrogens with two attached hydrogens (primary N) is 2. The molecule has 5 N–H and O–H groups in total. The molecule has 102 valence electrons. The van der Waals surface area contributed by atoms with E-state index in [1.165, 1.54) is 10.0 Å². The molecule has 1 aromatic carbocycles. The van der Waals surface area contributed by atoms with Crippen LogP contribution < -0.4 is 16.7 Å². The summed E-state index contributed by atoms with van der Waals surface area (Å²) in [5, 5.41) is 12.0. The number of aryl methyl sites for hydroxylation is 1. The maximum Gasteiger partial charge on any atom is 0.130 e. The highest BCUT2D eigenvalue weighted by Crippen LogP contribution is 2.24. The van der Waals surface area contributed by atoms with E-state index in [4.69, 9.17) is 11.7 Å². The van der Waals surface area contributed by atoms with Gasteiger partial charge in [0.25, 0.3) is 0 Å². The van der Waals surface area contributed by atoms with Gasteiger partial charge in [-0.25, -0.2) is 11.7 Å².